The second-order valence-corrected chi connectivity index (χ2v) is 4.23. The average Bonchev–Trinajstić information content (AvgIpc) is 2.64. The summed E-state index contributed by atoms with van der Waals surface area (Å²) in [5, 5.41) is 0.442. The highest BCUT2D eigenvalue weighted by atomic mass is 16.7. The van der Waals surface area contributed by atoms with Crippen molar-refractivity contribution in [2.24, 2.45) is 5.73 Å². The quantitative estimate of drug-likeness (QED) is 0.783. The second kappa shape index (κ2) is 5.52. The van der Waals surface area contributed by atoms with Crippen LogP contribution >= 0.6 is 0 Å². The maximum Gasteiger partial charge on any atom is 0.333 e. The van der Waals surface area contributed by atoms with Gasteiger partial charge in [0.1, 0.15) is 0 Å². The Balaban J connectivity index is 1.98. The number of imide groups is 1. The number of carbonyl (C=O) groups is 4. The van der Waals surface area contributed by atoms with E-state index >= 15 is 0 Å². The van der Waals surface area contributed by atoms with Gasteiger partial charge in [-0.2, -0.15) is 0 Å². The Hall–Kier alpha value is -2.70. The average molecular weight is 276 g/mol. The van der Waals surface area contributed by atoms with E-state index < -0.39 is 23.7 Å². The minimum atomic E-state index is -0.763. The maximum absolute atomic E-state index is 11.9. The SMILES string of the molecule is NC(=O)CCCC(=O)ON1C(=O)c2ccccc2C1=O. The molecule has 2 N–H and O–H groups in total. The summed E-state index contributed by atoms with van der Waals surface area (Å²) >= 11 is 0. The topological polar surface area (TPSA) is 107 Å². The van der Waals surface area contributed by atoms with Crippen molar-refractivity contribution in [1.29, 1.82) is 0 Å². The van der Waals surface area contributed by atoms with E-state index in [9.17, 15) is 19.2 Å². The Morgan fingerprint density at radius 3 is 2.10 bits per heavy atom. The molecular weight excluding hydrogens is 264 g/mol. The van der Waals surface area contributed by atoms with Crippen LogP contribution in [0.1, 0.15) is 40.0 Å². The molecule has 3 amide bonds. The number of amides is 3. The number of hydroxylamine groups is 2. The molecule has 7 heteroatoms. The van der Waals surface area contributed by atoms with Crippen LogP contribution in [0, 0.1) is 0 Å². The zero-order valence-corrected chi connectivity index (χ0v) is 10.5. The summed E-state index contributed by atoms with van der Waals surface area (Å²) in [4.78, 5) is 50.5. The molecule has 0 saturated heterocycles. The van der Waals surface area contributed by atoms with Crippen LogP contribution in [0.5, 0.6) is 0 Å². The molecule has 2 rings (SSSR count). The minimum absolute atomic E-state index is 0.0389. The predicted molar refractivity (Wildman–Crippen MR) is 66.1 cm³/mol. The first kappa shape index (κ1) is 13.7. The smallest absolute Gasteiger partial charge is 0.333 e. The summed E-state index contributed by atoms with van der Waals surface area (Å²) in [7, 11) is 0. The number of hydrogen-bond acceptors (Lipinski definition) is 5. The highest BCUT2D eigenvalue weighted by Crippen LogP contribution is 2.22. The van der Waals surface area contributed by atoms with Gasteiger partial charge in [-0.1, -0.05) is 17.2 Å². The molecule has 1 aliphatic heterocycles. The van der Waals surface area contributed by atoms with E-state index in [1.54, 1.807) is 12.1 Å². The summed E-state index contributed by atoms with van der Waals surface area (Å²) in [6, 6.07) is 6.19. The van der Waals surface area contributed by atoms with Gasteiger partial charge in [-0.25, -0.2) is 4.79 Å². The molecule has 0 unspecified atom stereocenters. The van der Waals surface area contributed by atoms with Crippen LogP contribution in [0.15, 0.2) is 24.3 Å². The van der Waals surface area contributed by atoms with Gasteiger partial charge in [0, 0.05) is 12.8 Å². The number of fused-ring (bicyclic) bond motifs is 1. The van der Waals surface area contributed by atoms with Crippen molar-refractivity contribution in [2.45, 2.75) is 19.3 Å². The fourth-order valence-electron chi connectivity index (χ4n) is 1.80. The molecule has 0 bridgehead atoms. The summed E-state index contributed by atoms with van der Waals surface area (Å²) < 4.78 is 0. The first-order chi connectivity index (χ1) is 9.50. The van der Waals surface area contributed by atoms with E-state index in [0.29, 0.717) is 5.06 Å². The van der Waals surface area contributed by atoms with Gasteiger partial charge in [-0.15, -0.1) is 0 Å². The summed E-state index contributed by atoms with van der Waals surface area (Å²) in [5.41, 5.74) is 5.33. The fraction of sp³-hybridized carbons (Fsp3) is 0.231. The van der Waals surface area contributed by atoms with Gasteiger partial charge in [0.15, 0.2) is 0 Å². The number of benzene rings is 1. The van der Waals surface area contributed by atoms with Crippen molar-refractivity contribution in [3.05, 3.63) is 35.4 Å². The molecule has 0 fully saturated rings. The van der Waals surface area contributed by atoms with Crippen LogP contribution < -0.4 is 5.73 Å². The second-order valence-electron chi connectivity index (χ2n) is 4.23. The Bertz CT molecular complexity index is 561. The molecule has 0 radical (unpaired) electrons. The van der Waals surface area contributed by atoms with Crippen molar-refractivity contribution >= 4 is 23.7 Å². The third-order valence-corrected chi connectivity index (χ3v) is 2.75. The number of nitrogens with two attached hydrogens (primary N) is 1. The van der Waals surface area contributed by atoms with E-state index in [4.69, 9.17) is 10.6 Å². The molecule has 1 aromatic carbocycles. The van der Waals surface area contributed by atoms with Gasteiger partial charge >= 0.3 is 5.97 Å². The fourth-order valence-corrected chi connectivity index (χ4v) is 1.80. The first-order valence-corrected chi connectivity index (χ1v) is 5.97. The van der Waals surface area contributed by atoms with E-state index in [2.05, 4.69) is 0 Å². The van der Waals surface area contributed by atoms with Crippen molar-refractivity contribution < 1.29 is 24.0 Å². The van der Waals surface area contributed by atoms with Crippen molar-refractivity contribution in [1.82, 2.24) is 5.06 Å². The third kappa shape index (κ3) is 2.66. The molecule has 0 saturated carbocycles. The van der Waals surface area contributed by atoms with E-state index in [-0.39, 0.29) is 30.4 Å². The van der Waals surface area contributed by atoms with Gasteiger partial charge in [-0.05, 0) is 18.6 Å². The van der Waals surface area contributed by atoms with Crippen LogP contribution in [0.4, 0.5) is 0 Å². The minimum Gasteiger partial charge on any atom is -0.370 e. The lowest BCUT2D eigenvalue weighted by Crippen LogP contribution is -2.32. The van der Waals surface area contributed by atoms with Crippen LogP contribution in [0.25, 0.3) is 0 Å². The molecule has 0 spiro atoms. The maximum atomic E-state index is 11.9. The lowest BCUT2D eigenvalue weighted by atomic mass is 10.1. The molecule has 1 heterocycles. The molecule has 0 aromatic heterocycles. The van der Waals surface area contributed by atoms with Crippen molar-refractivity contribution in [2.75, 3.05) is 0 Å². The van der Waals surface area contributed by atoms with Crippen LogP contribution in [0.3, 0.4) is 0 Å². The molecule has 0 atom stereocenters. The van der Waals surface area contributed by atoms with E-state index in [0.717, 1.165) is 0 Å². The van der Waals surface area contributed by atoms with Crippen LogP contribution in [-0.2, 0) is 14.4 Å². The van der Waals surface area contributed by atoms with E-state index in [1.807, 2.05) is 0 Å². The monoisotopic (exact) mass is 276 g/mol. The summed E-state index contributed by atoms with van der Waals surface area (Å²) in [6.07, 6.45) is 0.144. The molecule has 104 valence electrons. The first-order valence-electron chi connectivity index (χ1n) is 5.97. The lowest BCUT2D eigenvalue weighted by Gasteiger charge is -2.12. The van der Waals surface area contributed by atoms with Gasteiger partial charge in [0.25, 0.3) is 11.8 Å². The van der Waals surface area contributed by atoms with Gasteiger partial charge < -0.3 is 10.6 Å². The van der Waals surface area contributed by atoms with Gasteiger partial charge in [0.2, 0.25) is 5.91 Å². The molecule has 1 aromatic rings. The van der Waals surface area contributed by atoms with E-state index in [1.165, 1.54) is 12.1 Å². The highest BCUT2D eigenvalue weighted by molar-refractivity contribution is 6.20. The zero-order chi connectivity index (χ0) is 14.7. The molecule has 20 heavy (non-hydrogen) atoms. The predicted octanol–water partition coefficient (Wildman–Crippen LogP) is 0.396. The van der Waals surface area contributed by atoms with Crippen LogP contribution in [-0.4, -0.2) is 28.8 Å². The number of hydrogen-bond donors (Lipinski definition) is 1. The molecule has 0 aliphatic carbocycles. The largest absolute Gasteiger partial charge is 0.370 e. The zero-order valence-electron chi connectivity index (χ0n) is 10.5. The Morgan fingerprint density at radius 2 is 1.60 bits per heavy atom. The van der Waals surface area contributed by atoms with Gasteiger partial charge in [0.05, 0.1) is 11.1 Å². The number of nitrogens with zero attached hydrogens (tertiary/aromatic N) is 1. The highest BCUT2D eigenvalue weighted by Gasteiger charge is 2.38. The lowest BCUT2D eigenvalue weighted by molar-refractivity contribution is -0.168. The Labute approximate surface area is 114 Å². The van der Waals surface area contributed by atoms with Crippen molar-refractivity contribution in [3.63, 3.8) is 0 Å². The molecule has 7 nitrogen and oxygen atoms in total. The standard InChI is InChI=1S/C13H12N2O5/c14-10(16)6-3-7-11(17)20-15-12(18)8-4-1-2-5-9(8)13(15)19/h1-2,4-5H,3,6-7H2,(H2,14,16). The summed E-state index contributed by atoms with van der Waals surface area (Å²) in [6.45, 7) is 0. The third-order valence-electron chi connectivity index (χ3n) is 2.75. The normalized spacial score (nSPS) is 13.3. The summed E-state index contributed by atoms with van der Waals surface area (Å²) in [5.74, 6) is -2.64. The Kier molecular flexibility index (Phi) is 3.79. The van der Waals surface area contributed by atoms with Gasteiger partial charge in [-0.3, -0.25) is 14.4 Å². The van der Waals surface area contributed by atoms with Crippen molar-refractivity contribution in [3.8, 4) is 0 Å². The molecular formula is C13H12N2O5. The number of primary amides is 1. The number of carbonyl (C=O) groups excluding carboxylic acids is 4. The number of rotatable bonds is 5. The molecule has 1 aliphatic rings. The Morgan fingerprint density at radius 1 is 1.05 bits per heavy atom. The van der Waals surface area contributed by atoms with Crippen LogP contribution in [0.2, 0.25) is 0 Å².